The number of nitrogens with one attached hydrogen (secondary N) is 2. The Labute approximate surface area is 105 Å². The molecule has 18 heavy (non-hydrogen) atoms. The molecular formula is C12H17N3O3. The molecule has 0 spiro atoms. The third-order valence-corrected chi connectivity index (χ3v) is 2.22. The van der Waals surface area contributed by atoms with Crippen molar-refractivity contribution in [1.82, 2.24) is 5.32 Å². The van der Waals surface area contributed by atoms with Gasteiger partial charge in [0.1, 0.15) is 0 Å². The third-order valence-electron chi connectivity index (χ3n) is 2.22. The summed E-state index contributed by atoms with van der Waals surface area (Å²) >= 11 is 0. The van der Waals surface area contributed by atoms with E-state index in [-0.39, 0.29) is 6.54 Å². The number of hydrogen-bond donors (Lipinski definition) is 4. The molecule has 0 heterocycles. The van der Waals surface area contributed by atoms with Crippen LogP contribution in [0.5, 0.6) is 0 Å². The van der Waals surface area contributed by atoms with Crippen molar-refractivity contribution < 1.29 is 14.7 Å². The molecule has 6 nitrogen and oxygen atoms in total. The van der Waals surface area contributed by atoms with Crippen LogP contribution in [-0.4, -0.2) is 29.6 Å². The van der Waals surface area contributed by atoms with Gasteiger partial charge in [-0.1, -0.05) is 6.07 Å². The Morgan fingerprint density at radius 2 is 2.06 bits per heavy atom. The molecule has 0 bridgehead atoms. The van der Waals surface area contributed by atoms with Gasteiger partial charge in [0.15, 0.2) is 0 Å². The van der Waals surface area contributed by atoms with E-state index in [9.17, 15) is 9.59 Å². The van der Waals surface area contributed by atoms with Gasteiger partial charge in [0.05, 0.1) is 17.5 Å². The highest BCUT2D eigenvalue weighted by Crippen LogP contribution is 2.19. The molecule has 1 aromatic carbocycles. The van der Waals surface area contributed by atoms with Gasteiger partial charge in [0.2, 0.25) is 0 Å². The zero-order valence-corrected chi connectivity index (χ0v) is 10.4. The first kappa shape index (κ1) is 14.0. The van der Waals surface area contributed by atoms with Gasteiger partial charge >= 0.3 is 11.8 Å². The predicted molar refractivity (Wildman–Crippen MR) is 68.9 cm³/mol. The Hall–Kier alpha value is -2.08. The third kappa shape index (κ3) is 4.06. The SMILES string of the molecule is Cc1ccc(N)c(NC(=O)C(=O)NCC(C)O)c1. The van der Waals surface area contributed by atoms with Crippen molar-refractivity contribution in [3.05, 3.63) is 23.8 Å². The summed E-state index contributed by atoms with van der Waals surface area (Å²) in [6.07, 6.45) is -0.703. The largest absolute Gasteiger partial charge is 0.397 e. The summed E-state index contributed by atoms with van der Waals surface area (Å²) in [5.74, 6) is -1.62. The molecule has 2 amide bonds. The van der Waals surface area contributed by atoms with Gasteiger partial charge in [-0.2, -0.15) is 0 Å². The Morgan fingerprint density at radius 1 is 1.39 bits per heavy atom. The summed E-state index contributed by atoms with van der Waals surface area (Å²) in [5.41, 5.74) is 7.38. The number of anilines is 2. The molecule has 1 aromatic rings. The highest BCUT2D eigenvalue weighted by molar-refractivity contribution is 6.39. The van der Waals surface area contributed by atoms with Crippen molar-refractivity contribution >= 4 is 23.2 Å². The van der Waals surface area contributed by atoms with E-state index in [1.165, 1.54) is 6.92 Å². The first-order chi connectivity index (χ1) is 8.40. The fourth-order valence-electron chi connectivity index (χ4n) is 1.28. The Balaban J connectivity index is 2.64. The number of aryl methyl sites for hydroxylation is 1. The van der Waals surface area contributed by atoms with E-state index in [4.69, 9.17) is 10.8 Å². The number of carbonyl (C=O) groups is 2. The van der Waals surface area contributed by atoms with E-state index in [2.05, 4.69) is 10.6 Å². The fraction of sp³-hybridized carbons (Fsp3) is 0.333. The lowest BCUT2D eigenvalue weighted by molar-refractivity contribution is -0.136. The smallest absolute Gasteiger partial charge is 0.313 e. The van der Waals surface area contributed by atoms with E-state index < -0.39 is 17.9 Å². The first-order valence-corrected chi connectivity index (χ1v) is 5.53. The standard InChI is InChI=1S/C12H17N3O3/c1-7-3-4-9(13)10(5-7)15-12(18)11(17)14-6-8(2)16/h3-5,8,16H,6,13H2,1-2H3,(H,14,17)(H,15,18). The Kier molecular flexibility index (Phi) is 4.67. The summed E-state index contributed by atoms with van der Waals surface area (Å²) in [5, 5.41) is 13.7. The number of aliphatic hydroxyl groups is 1. The second-order valence-corrected chi connectivity index (χ2v) is 4.10. The molecule has 0 aliphatic heterocycles. The van der Waals surface area contributed by atoms with Crippen molar-refractivity contribution in [3.63, 3.8) is 0 Å². The van der Waals surface area contributed by atoms with Crippen molar-refractivity contribution in [2.45, 2.75) is 20.0 Å². The van der Waals surface area contributed by atoms with Crippen LogP contribution in [0, 0.1) is 6.92 Å². The molecule has 98 valence electrons. The summed E-state index contributed by atoms with van der Waals surface area (Å²) < 4.78 is 0. The van der Waals surface area contributed by atoms with Gasteiger partial charge in [0, 0.05) is 6.54 Å². The molecule has 0 saturated carbocycles. The molecule has 1 unspecified atom stereocenters. The van der Waals surface area contributed by atoms with Crippen LogP contribution in [0.15, 0.2) is 18.2 Å². The number of hydrogen-bond acceptors (Lipinski definition) is 4. The van der Waals surface area contributed by atoms with E-state index in [0.29, 0.717) is 11.4 Å². The van der Waals surface area contributed by atoms with Crippen LogP contribution in [0.2, 0.25) is 0 Å². The van der Waals surface area contributed by atoms with Crippen molar-refractivity contribution in [2.75, 3.05) is 17.6 Å². The second-order valence-electron chi connectivity index (χ2n) is 4.10. The number of carbonyl (C=O) groups excluding carboxylic acids is 2. The number of nitrogens with two attached hydrogens (primary N) is 1. The van der Waals surface area contributed by atoms with Crippen LogP contribution in [0.4, 0.5) is 11.4 Å². The zero-order chi connectivity index (χ0) is 13.7. The van der Waals surface area contributed by atoms with E-state index in [1.54, 1.807) is 18.2 Å². The van der Waals surface area contributed by atoms with E-state index in [0.717, 1.165) is 5.56 Å². The van der Waals surface area contributed by atoms with Crippen LogP contribution in [0.3, 0.4) is 0 Å². The summed E-state index contributed by atoms with van der Waals surface area (Å²) in [6, 6.07) is 5.13. The average Bonchev–Trinajstić information content (AvgIpc) is 2.30. The topological polar surface area (TPSA) is 104 Å². The summed E-state index contributed by atoms with van der Waals surface area (Å²) in [6.45, 7) is 3.38. The minimum atomic E-state index is -0.812. The van der Waals surface area contributed by atoms with Gasteiger partial charge in [-0.25, -0.2) is 0 Å². The molecule has 0 saturated heterocycles. The molecule has 0 aliphatic carbocycles. The van der Waals surface area contributed by atoms with Crippen LogP contribution in [0.1, 0.15) is 12.5 Å². The summed E-state index contributed by atoms with van der Waals surface area (Å²) in [7, 11) is 0. The minimum Gasteiger partial charge on any atom is -0.397 e. The molecule has 1 atom stereocenters. The van der Waals surface area contributed by atoms with Crippen LogP contribution in [0.25, 0.3) is 0 Å². The van der Waals surface area contributed by atoms with Crippen molar-refractivity contribution in [3.8, 4) is 0 Å². The van der Waals surface area contributed by atoms with E-state index >= 15 is 0 Å². The molecule has 5 N–H and O–H groups in total. The average molecular weight is 251 g/mol. The lowest BCUT2D eigenvalue weighted by Crippen LogP contribution is -2.38. The lowest BCUT2D eigenvalue weighted by Gasteiger charge is -2.10. The molecule has 0 fully saturated rings. The predicted octanol–water partition coefficient (Wildman–Crippen LogP) is 0.0127. The van der Waals surface area contributed by atoms with Crippen LogP contribution < -0.4 is 16.4 Å². The highest BCUT2D eigenvalue weighted by Gasteiger charge is 2.15. The van der Waals surface area contributed by atoms with Crippen LogP contribution in [-0.2, 0) is 9.59 Å². The number of amides is 2. The maximum Gasteiger partial charge on any atom is 0.313 e. The lowest BCUT2D eigenvalue weighted by atomic mass is 10.2. The molecule has 0 aromatic heterocycles. The number of nitrogen functional groups attached to an aromatic ring is 1. The fourth-order valence-corrected chi connectivity index (χ4v) is 1.28. The minimum absolute atomic E-state index is 0.0234. The number of rotatable bonds is 3. The van der Waals surface area contributed by atoms with Gasteiger partial charge in [-0.3, -0.25) is 9.59 Å². The maximum atomic E-state index is 11.5. The van der Waals surface area contributed by atoms with E-state index in [1.807, 2.05) is 6.92 Å². The normalized spacial score (nSPS) is 11.7. The number of aliphatic hydroxyl groups excluding tert-OH is 1. The van der Waals surface area contributed by atoms with Gasteiger partial charge < -0.3 is 21.5 Å². The highest BCUT2D eigenvalue weighted by atomic mass is 16.3. The van der Waals surface area contributed by atoms with Gasteiger partial charge in [0.25, 0.3) is 0 Å². The molecule has 6 heteroatoms. The summed E-state index contributed by atoms with van der Waals surface area (Å²) in [4.78, 5) is 22.9. The Morgan fingerprint density at radius 3 is 2.67 bits per heavy atom. The zero-order valence-electron chi connectivity index (χ0n) is 10.4. The molecule has 1 rings (SSSR count). The van der Waals surface area contributed by atoms with Gasteiger partial charge in [-0.15, -0.1) is 0 Å². The van der Waals surface area contributed by atoms with Crippen LogP contribution >= 0.6 is 0 Å². The molecule has 0 radical (unpaired) electrons. The monoisotopic (exact) mass is 251 g/mol. The second kappa shape index (κ2) is 6.02. The van der Waals surface area contributed by atoms with Crippen molar-refractivity contribution in [2.24, 2.45) is 0 Å². The van der Waals surface area contributed by atoms with Gasteiger partial charge in [-0.05, 0) is 31.5 Å². The first-order valence-electron chi connectivity index (χ1n) is 5.53. The Bertz CT molecular complexity index is 458. The van der Waals surface area contributed by atoms with Crippen molar-refractivity contribution in [1.29, 1.82) is 0 Å². The molecular weight excluding hydrogens is 234 g/mol. The molecule has 0 aliphatic rings. The quantitative estimate of drug-likeness (QED) is 0.448. The maximum absolute atomic E-state index is 11.5. The number of benzene rings is 1.